The number of hydrogen-bond acceptors (Lipinski definition) is 9. The van der Waals surface area contributed by atoms with Gasteiger partial charge in [0, 0.05) is 14.1 Å². The SMILES string of the molecule is CNC(=O)Nc1ncnc2c1nc(Br)n2[C@@H]1O[C@H](CO)[C@@H](O)[C@H]1OC(=O)NC. The number of aliphatic hydroxyl groups excluding tert-OH is 2. The summed E-state index contributed by atoms with van der Waals surface area (Å²) in [5.41, 5.74) is 0.483. The van der Waals surface area contributed by atoms with Crippen LogP contribution >= 0.6 is 15.9 Å². The smallest absolute Gasteiger partial charge is 0.407 e. The van der Waals surface area contributed by atoms with E-state index in [2.05, 4.69) is 46.8 Å². The third-order valence-electron chi connectivity index (χ3n) is 4.09. The highest BCUT2D eigenvalue weighted by Crippen LogP contribution is 2.36. The molecular weight excluding hydrogens is 442 g/mol. The number of nitrogens with zero attached hydrogens (tertiary/aromatic N) is 4. The zero-order valence-electron chi connectivity index (χ0n) is 14.8. The third kappa shape index (κ3) is 3.58. The average Bonchev–Trinajstić information content (AvgIpc) is 3.18. The Morgan fingerprint density at radius 3 is 2.75 bits per heavy atom. The maximum Gasteiger partial charge on any atom is 0.407 e. The number of anilines is 1. The summed E-state index contributed by atoms with van der Waals surface area (Å²) in [6, 6.07) is -0.501. The van der Waals surface area contributed by atoms with E-state index in [1.165, 1.54) is 25.0 Å². The minimum Gasteiger partial charge on any atom is -0.439 e. The van der Waals surface area contributed by atoms with E-state index in [-0.39, 0.29) is 21.7 Å². The lowest BCUT2D eigenvalue weighted by Crippen LogP contribution is -2.39. The molecule has 13 nitrogen and oxygen atoms in total. The number of halogens is 1. The van der Waals surface area contributed by atoms with Gasteiger partial charge in [0.1, 0.15) is 18.5 Å². The van der Waals surface area contributed by atoms with E-state index >= 15 is 0 Å². The number of carbonyl (C=O) groups excluding carboxylic acids is 2. The number of amides is 3. The van der Waals surface area contributed by atoms with Crippen LogP contribution in [0, 0.1) is 0 Å². The Labute approximate surface area is 166 Å². The molecule has 3 rings (SSSR count). The lowest BCUT2D eigenvalue weighted by molar-refractivity contribution is -0.0538. The second kappa shape index (κ2) is 8.22. The molecule has 1 aliphatic rings. The van der Waals surface area contributed by atoms with Gasteiger partial charge in [0.15, 0.2) is 34.0 Å². The summed E-state index contributed by atoms with van der Waals surface area (Å²) in [5, 5.41) is 27.1. The van der Waals surface area contributed by atoms with E-state index in [9.17, 15) is 19.8 Å². The molecule has 3 amide bonds. The number of aromatic nitrogens is 4. The molecule has 3 heterocycles. The number of hydrogen-bond donors (Lipinski definition) is 5. The molecule has 14 heteroatoms. The summed E-state index contributed by atoms with van der Waals surface area (Å²) < 4.78 is 12.6. The van der Waals surface area contributed by atoms with Crippen molar-refractivity contribution in [3.8, 4) is 0 Å². The summed E-state index contributed by atoms with van der Waals surface area (Å²) >= 11 is 3.29. The zero-order valence-corrected chi connectivity index (χ0v) is 16.4. The maximum atomic E-state index is 11.7. The first-order valence-electron chi connectivity index (χ1n) is 8.11. The molecule has 2 aromatic heterocycles. The van der Waals surface area contributed by atoms with Gasteiger partial charge < -0.3 is 30.3 Å². The summed E-state index contributed by atoms with van der Waals surface area (Å²) in [6.07, 6.45) is -4.06. The number of urea groups is 1. The van der Waals surface area contributed by atoms with Crippen molar-refractivity contribution in [1.29, 1.82) is 0 Å². The molecule has 0 unspecified atom stereocenters. The number of imidazole rings is 1. The lowest BCUT2D eigenvalue weighted by Gasteiger charge is -2.22. The predicted octanol–water partition coefficient (Wildman–Crippen LogP) is -0.685. The Bertz CT molecular complexity index is 892. The number of rotatable bonds is 4. The maximum absolute atomic E-state index is 11.7. The fraction of sp³-hybridized carbons (Fsp3) is 0.500. The van der Waals surface area contributed by atoms with Crippen LogP contribution in [0.15, 0.2) is 11.1 Å². The van der Waals surface area contributed by atoms with Gasteiger partial charge in [0.05, 0.1) is 6.61 Å². The van der Waals surface area contributed by atoms with Crippen molar-refractivity contribution in [2.24, 2.45) is 0 Å². The monoisotopic (exact) mass is 459 g/mol. The molecule has 0 bridgehead atoms. The molecule has 152 valence electrons. The molecule has 28 heavy (non-hydrogen) atoms. The van der Waals surface area contributed by atoms with Gasteiger partial charge in [-0.05, 0) is 15.9 Å². The Morgan fingerprint density at radius 1 is 1.36 bits per heavy atom. The van der Waals surface area contributed by atoms with E-state index < -0.39 is 43.3 Å². The van der Waals surface area contributed by atoms with Gasteiger partial charge in [-0.2, -0.15) is 0 Å². The molecular formula is C14H18BrN7O6. The van der Waals surface area contributed by atoms with E-state index in [0.29, 0.717) is 0 Å². The van der Waals surface area contributed by atoms with Crippen molar-refractivity contribution < 1.29 is 29.3 Å². The van der Waals surface area contributed by atoms with E-state index in [4.69, 9.17) is 9.47 Å². The van der Waals surface area contributed by atoms with Crippen molar-refractivity contribution in [1.82, 2.24) is 30.2 Å². The standard InChI is InChI=1S/C14H18BrN7O6/c1-16-13(25)21-9-6-10(19-4-18-9)22(12(15)20-6)11-8(28-14(26)17-2)7(24)5(3-23)27-11/h4-5,7-8,11,23-24H,3H2,1-2H3,(H,17,26)(H2,16,18,19,21,25)/t5-,7-,8-,11-/m1/s1. The first-order valence-corrected chi connectivity index (χ1v) is 8.90. The number of alkyl carbamates (subject to hydrolysis) is 1. The highest BCUT2D eigenvalue weighted by molar-refractivity contribution is 9.10. The molecule has 0 radical (unpaired) electrons. The van der Waals surface area contributed by atoms with Crippen LogP contribution in [0.25, 0.3) is 11.2 Å². The Hall–Kier alpha value is -2.55. The van der Waals surface area contributed by atoms with Gasteiger partial charge in [-0.1, -0.05) is 0 Å². The van der Waals surface area contributed by atoms with E-state index in [0.717, 1.165) is 0 Å². The van der Waals surface area contributed by atoms with Gasteiger partial charge in [-0.3, -0.25) is 9.88 Å². The molecule has 1 saturated heterocycles. The lowest BCUT2D eigenvalue weighted by atomic mass is 10.1. The number of fused-ring (bicyclic) bond motifs is 1. The summed E-state index contributed by atoms with van der Waals surface area (Å²) in [4.78, 5) is 35.8. The first kappa shape index (κ1) is 20.2. The minimum absolute atomic E-state index is 0.143. The van der Waals surface area contributed by atoms with Crippen molar-refractivity contribution in [2.45, 2.75) is 24.5 Å². The normalized spacial score (nSPS) is 24.2. The second-order valence-corrected chi connectivity index (χ2v) is 6.42. The predicted molar refractivity (Wildman–Crippen MR) is 97.4 cm³/mol. The highest BCUT2D eigenvalue weighted by Gasteiger charge is 2.48. The van der Waals surface area contributed by atoms with Crippen LogP contribution in [-0.4, -0.2) is 80.9 Å². The van der Waals surface area contributed by atoms with Crippen LogP contribution in [0.3, 0.4) is 0 Å². The minimum atomic E-state index is -1.29. The highest BCUT2D eigenvalue weighted by atomic mass is 79.9. The summed E-state index contributed by atoms with van der Waals surface area (Å²) in [5.74, 6) is 0.143. The average molecular weight is 460 g/mol. The van der Waals surface area contributed by atoms with E-state index in [1.54, 1.807) is 0 Å². The topological polar surface area (TPSA) is 173 Å². The van der Waals surface area contributed by atoms with Crippen LogP contribution < -0.4 is 16.0 Å². The van der Waals surface area contributed by atoms with Gasteiger partial charge in [0.25, 0.3) is 0 Å². The summed E-state index contributed by atoms with van der Waals surface area (Å²) in [7, 11) is 2.82. The molecule has 2 aromatic rings. The quantitative estimate of drug-likeness (QED) is 0.371. The number of nitrogens with one attached hydrogen (secondary N) is 3. The van der Waals surface area contributed by atoms with Crippen LogP contribution in [0.4, 0.5) is 15.4 Å². The fourth-order valence-corrected chi connectivity index (χ4v) is 3.30. The van der Waals surface area contributed by atoms with Gasteiger partial charge in [-0.15, -0.1) is 0 Å². The Morgan fingerprint density at radius 2 is 2.11 bits per heavy atom. The number of ether oxygens (including phenoxy) is 2. The van der Waals surface area contributed by atoms with Crippen LogP contribution in [0.1, 0.15) is 6.23 Å². The van der Waals surface area contributed by atoms with Gasteiger partial charge in [0.2, 0.25) is 0 Å². The largest absolute Gasteiger partial charge is 0.439 e. The number of carbonyl (C=O) groups is 2. The van der Waals surface area contributed by atoms with E-state index in [1.807, 2.05) is 0 Å². The molecule has 4 atom stereocenters. The van der Waals surface area contributed by atoms with Crippen molar-refractivity contribution in [3.05, 3.63) is 11.1 Å². The third-order valence-corrected chi connectivity index (χ3v) is 4.65. The number of aliphatic hydroxyl groups is 2. The van der Waals surface area contributed by atoms with Crippen molar-refractivity contribution >= 4 is 45.0 Å². The first-order chi connectivity index (χ1) is 13.4. The van der Waals surface area contributed by atoms with Crippen LogP contribution in [-0.2, 0) is 9.47 Å². The molecule has 0 spiro atoms. The Balaban J connectivity index is 2.05. The molecule has 0 aromatic carbocycles. The second-order valence-electron chi connectivity index (χ2n) is 5.71. The fourth-order valence-electron chi connectivity index (χ4n) is 2.76. The van der Waals surface area contributed by atoms with Gasteiger partial charge >= 0.3 is 12.1 Å². The molecule has 0 aliphatic carbocycles. The van der Waals surface area contributed by atoms with Crippen LogP contribution in [0.5, 0.6) is 0 Å². The molecule has 0 saturated carbocycles. The summed E-state index contributed by atoms with van der Waals surface area (Å²) in [6.45, 7) is -0.492. The Kier molecular flexibility index (Phi) is 5.93. The zero-order chi connectivity index (χ0) is 20.4. The van der Waals surface area contributed by atoms with Crippen molar-refractivity contribution in [2.75, 3.05) is 26.0 Å². The van der Waals surface area contributed by atoms with Crippen LogP contribution in [0.2, 0.25) is 0 Å². The molecule has 1 aliphatic heterocycles. The van der Waals surface area contributed by atoms with Gasteiger partial charge in [-0.25, -0.2) is 24.5 Å². The molecule has 5 N–H and O–H groups in total. The molecule has 1 fully saturated rings. The van der Waals surface area contributed by atoms with Crippen molar-refractivity contribution in [3.63, 3.8) is 0 Å².